The summed E-state index contributed by atoms with van der Waals surface area (Å²) in [4.78, 5) is 0. The van der Waals surface area contributed by atoms with Gasteiger partial charge in [0.05, 0.1) is 11.4 Å². The molecule has 0 aliphatic heterocycles. The SMILES string of the molecule is CC(C)(C)Oc1ccc(N(N)c2ccccc2)cc1. The first-order valence-corrected chi connectivity index (χ1v) is 6.35. The van der Waals surface area contributed by atoms with E-state index in [0.29, 0.717) is 0 Å². The smallest absolute Gasteiger partial charge is 0.120 e. The lowest BCUT2D eigenvalue weighted by molar-refractivity contribution is 0.131. The van der Waals surface area contributed by atoms with Gasteiger partial charge in [0.25, 0.3) is 0 Å². The number of nitrogens with two attached hydrogens (primary N) is 1. The van der Waals surface area contributed by atoms with Crippen LogP contribution in [0.2, 0.25) is 0 Å². The predicted octanol–water partition coefficient (Wildman–Crippen LogP) is 3.88. The van der Waals surface area contributed by atoms with Gasteiger partial charge in [0.1, 0.15) is 11.4 Å². The first-order valence-electron chi connectivity index (χ1n) is 6.35. The second kappa shape index (κ2) is 5.33. The Bertz CT molecular complexity index is 515. The van der Waals surface area contributed by atoms with Gasteiger partial charge in [-0.15, -0.1) is 0 Å². The van der Waals surface area contributed by atoms with Crippen LogP contribution in [0.1, 0.15) is 20.8 Å². The van der Waals surface area contributed by atoms with Crippen LogP contribution in [-0.4, -0.2) is 5.60 Å². The zero-order valence-corrected chi connectivity index (χ0v) is 11.6. The number of para-hydroxylation sites is 1. The first kappa shape index (κ1) is 13.4. The molecule has 2 aromatic rings. The number of anilines is 2. The maximum absolute atomic E-state index is 6.09. The Balaban J connectivity index is 2.15. The van der Waals surface area contributed by atoms with Crippen LogP contribution >= 0.6 is 0 Å². The second-order valence-electron chi connectivity index (χ2n) is 5.41. The summed E-state index contributed by atoms with van der Waals surface area (Å²) in [5.41, 5.74) is 1.68. The number of hydrogen-bond donors (Lipinski definition) is 1. The van der Waals surface area contributed by atoms with E-state index in [4.69, 9.17) is 10.6 Å². The third kappa shape index (κ3) is 3.73. The molecule has 0 atom stereocenters. The summed E-state index contributed by atoms with van der Waals surface area (Å²) in [6.45, 7) is 6.08. The molecule has 3 heteroatoms. The highest BCUT2D eigenvalue weighted by molar-refractivity contribution is 5.61. The standard InChI is InChI=1S/C16H20N2O/c1-16(2,3)19-15-11-9-14(10-12-15)18(17)13-7-5-4-6-8-13/h4-12H,17H2,1-3H3. The molecule has 0 heterocycles. The average molecular weight is 256 g/mol. The van der Waals surface area contributed by atoms with Crippen LogP contribution in [0.15, 0.2) is 54.6 Å². The van der Waals surface area contributed by atoms with E-state index >= 15 is 0 Å². The average Bonchev–Trinajstić information content (AvgIpc) is 2.38. The number of ether oxygens (including phenoxy) is 1. The van der Waals surface area contributed by atoms with Crippen molar-refractivity contribution in [2.75, 3.05) is 5.01 Å². The monoisotopic (exact) mass is 256 g/mol. The predicted molar refractivity (Wildman–Crippen MR) is 79.6 cm³/mol. The Morgan fingerprint density at radius 3 is 1.89 bits per heavy atom. The topological polar surface area (TPSA) is 38.5 Å². The maximum Gasteiger partial charge on any atom is 0.120 e. The van der Waals surface area contributed by atoms with Gasteiger partial charge in [-0.1, -0.05) is 18.2 Å². The van der Waals surface area contributed by atoms with Gasteiger partial charge >= 0.3 is 0 Å². The first-order chi connectivity index (χ1) is 8.96. The quantitative estimate of drug-likeness (QED) is 0.669. The molecule has 100 valence electrons. The fraction of sp³-hybridized carbons (Fsp3) is 0.250. The van der Waals surface area contributed by atoms with Crippen LogP contribution < -0.4 is 15.6 Å². The van der Waals surface area contributed by atoms with Crippen molar-refractivity contribution >= 4 is 11.4 Å². The fourth-order valence-electron chi connectivity index (χ4n) is 1.77. The minimum atomic E-state index is -0.191. The van der Waals surface area contributed by atoms with Crippen molar-refractivity contribution in [3.63, 3.8) is 0 Å². The summed E-state index contributed by atoms with van der Waals surface area (Å²) >= 11 is 0. The van der Waals surface area contributed by atoms with E-state index in [9.17, 15) is 0 Å². The molecule has 0 amide bonds. The molecule has 0 saturated heterocycles. The third-order valence-electron chi connectivity index (χ3n) is 2.57. The molecule has 0 aliphatic rings. The summed E-state index contributed by atoms with van der Waals surface area (Å²) in [6, 6.07) is 17.6. The molecule has 0 aromatic heterocycles. The van der Waals surface area contributed by atoms with Gasteiger partial charge in [-0.25, -0.2) is 5.84 Å². The highest BCUT2D eigenvalue weighted by atomic mass is 16.5. The van der Waals surface area contributed by atoms with E-state index in [2.05, 4.69) is 0 Å². The molecule has 0 fully saturated rings. The van der Waals surface area contributed by atoms with Gasteiger partial charge < -0.3 is 4.74 Å². The highest BCUT2D eigenvalue weighted by Gasteiger charge is 2.12. The Labute approximate surface area is 114 Å². The van der Waals surface area contributed by atoms with Gasteiger partial charge in [-0.05, 0) is 57.2 Å². The molecule has 0 radical (unpaired) electrons. The molecule has 2 N–H and O–H groups in total. The molecule has 0 aliphatic carbocycles. The Morgan fingerprint density at radius 2 is 1.37 bits per heavy atom. The van der Waals surface area contributed by atoms with E-state index < -0.39 is 0 Å². The van der Waals surface area contributed by atoms with Gasteiger partial charge in [-0.2, -0.15) is 0 Å². The van der Waals surface area contributed by atoms with Crippen LogP contribution in [0.5, 0.6) is 5.75 Å². The number of benzene rings is 2. The molecule has 2 rings (SSSR count). The molecule has 0 bridgehead atoms. The largest absolute Gasteiger partial charge is 0.488 e. The maximum atomic E-state index is 6.09. The van der Waals surface area contributed by atoms with Crippen LogP contribution in [0.4, 0.5) is 11.4 Å². The Hall–Kier alpha value is -2.00. The van der Waals surface area contributed by atoms with Crippen molar-refractivity contribution < 1.29 is 4.74 Å². The minimum Gasteiger partial charge on any atom is -0.488 e. The van der Waals surface area contributed by atoms with Crippen molar-refractivity contribution in [2.45, 2.75) is 26.4 Å². The van der Waals surface area contributed by atoms with Gasteiger partial charge in [0.2, 0.25) is 0 Å². The summed E-state index contributed by atoms with van der Waals surface area (Å²) in [5, 5.41) is 1.65. The van der Waals surface area contributed by atoms with E-state index in [1.54, 1.807) is 5.01 Å². The van der Waals surface area contributed by atoms with Crippen LogP contribution in [0.3, 0.4) is 0 Å². The fourth-order valence-corrected chi connectivity index (χ4v) is 1.77. The zero-order valence-electron chi connectivity index (χ0n) is 11.6. The molecule has 3 nitrogen and oxygen atoms in total. The van der Waals surface area contributed by atoms with E-state index in [0.717, 1.165) is 17.1 Å². The van der Waals surface area contributed by atoms with Gasteiger partial charge in [0, 0.05) is 0 Å². The van der Waals surface area contributed by atoms with Crippen LogP contribution in [0, 0.1) is 0 Å². The second-order valence-corrected chi connectivity index (χ2v) is 5.41. The number of rotatable bonds is 3. The Kier molecular flexibility index (Phi) is 3.76. The number of nitrogens with zero attached hydrogens (tertiary/aromatic N) is 1. The summed E-state index contributed by atoms with van der Waals surface area (Å²) in [7, 11) is 0. The van der Waals surface area contributed by atoms with Crippen molar-refractivity contribution in [2.24, 2.45) is 5.84 Å². The minimum absolute atomic E-state index is 0.191. The molecule has 2 aromatic carbocycles. The van der Waals surface area contributed by atoms with Crippen molar-refractivity contribution in [1.82, 2.24) is 0 Å². The highest BCUT2D eigenvalue weighted by Crippen LogP contribution is 2.25. The molecular weight excluding hydrogens is 236 g/mol. The van der Waals surface area contributed by atoms with E-state index in [-0.39, 0.29) is 5.60 Å². The van der Waals surface area contributed by atoms with E-state index in [1.807, 2.05) is 75.4 Å². The normalized spacial score (nSPS) is 11.2. The summed E-state index contributed by atoms with van der Waals surface area (Å²) < 4.78 is 5.78. The number of hydrogen-bond acceptors (Lipinski definition) is 3. The number of hydrazine groups is 1. The lowest BCUT2D eigenvalue weighted by atomic mass is 10.2. The lowest BCUT2D eigenvalue weighted by Crippen LogP contribution is -2.25. The summed E-state index contributed by atoms with van der Waals surface area (Å²) in [6.07, 6.45) is 0. The van der Waals surface area contributed by atoms with Gasteiger partial charge in [-0.3, -0.25) is 5.01 Å². The summed E-state index contributed by atoms with van der Waals surface area (Å²) in [5.74, 6) is 6.93. The van der Waals surface area contributed by atoms with Crippen LogP contribution in [-0.2, 0) is 0 Å². The Morgan fingerprint density at radius 1 is 0.842 bits per heavy atom. The molecular formula is C16H20N2O. The molecule has 0 spiro atoms. The molecule has 0 unspecified atom stereocenters. The van der Waals surface area contributed by atoms with E-state index in [1.165, 1.54) is 0 Å². The lowest BCUT2D eigenvalue weighted by Gasteiger charge is -2.22. The third-order valence-corrected chi connectivity index (χ3v) is 2.57. The van der Waals surface area contributed by atoms with Crippen molar-refractivity contribution in [1.29, 1.82) is 0 Å². The zero-order chi connectivity index (χ0) is 13.9. The molecule has 19 heavy (non-hydrogen) atoms. The molecule has 0 saturated carbocycles. The van der Waals surface area contributed by atoms with Crippen molar-refractivity contribution in [3.8, 4) is 5.75 Å². The van der Waals surface area contributed by atoms with Gasteiger partial charge in [0.15, 0.2) is 0 Å². The van der Waals surface area contributed by atoms with Crippen LogP contribution in [0.25, 0.3) is 0 Å². The van der Waals surface area contributed by atoms with Crippen molar-refractivity contribution in [3.05, 3.63) is 54.6 Å².